The molecule has 7 heteroatoms. The fourth-order valence-electron chi connectivity index (χ4n) is 11.1. The second kappa shape index (κ2) is 15.0. The number of fused-ring (bicyclic) bond motifs is 12. The van der Waals surface area contributed by atoms with Crippen molar-refractivity contribution in [2.24, 2.45) is 0 Å². The Bertz CT molecular complexity index is 4330. The molecule has 0 saturated heterocycles. The van der Waals surface area contributed by atoms with E-state index in [2.05, 4.69) is 232 Å². The van der Waals surface area contributed by atoms with Gasteiger partial charge in [-0.05, 0) is 89.0 Å². The fourth-order valence-corrected chi connectivity index (χ4v) is 11.1. The van der Waals surface area contributed by atoms with Gasteiger partial charge in [0, 0.05) is 54.3 Å². The minimum Gasteiger partial charge on any atom is -0.456 e. The molecule has 15 aromatic rings. The molecule has 0 fully saturated rings. The summed E-state index contributed by atoms with van der Waals surface area (Å²) in [5.74, 6) is 1.60. The van der Waals surface area contributed by atoms with Gasteiger partial charge in [0.25, 0.3) is 0 Å². The van der Waals surface area contributed by atoms with Gasteiger partial charge in [-0.1, -0.05) is 164 Å². The first-order valence-electron chi connectivity index (χ1n) is 23.6. The van der Waals surface area contributed by atoms with Crippen molar-refractivity contribution in [3.05, 3.63) is 231 Å². The van der Waals surface area contributed by atoms with Gasteiger partial charge in [0.2, 0.25) is 11.9 Å². The summed E-state index contributed by atoms with van der Waals surface area (Å²) < 4.78 is 13.1. The number of nitrogens with zero attached hydrogens (tertiary/aromatic N) is 6. The van der Waals surface area contributed by atoms with Gasteiger partial charge >= 0.3 is 0 Å². The summed E-state index contributed by atoms with van der Waals surface area (Å²) in [6, 6.07) is 81.5. The number of aromatic nitrogens is 6. The van der Waals surface area contributed by atoms with E-state index in [0.717, 1.165) is 110 Å². The molecule has 0 spiro atoms. The zero-order chi connectivity index (χ0) is 45.9. The van der Waals surface area contributed by atoms with E-state index >= 15 is 0 Å². The van der Waals surface area contributed by atoms with Crippen LogP contribution in [0.15, 0.2) is 235 Å². The highest BCUT2D eigenvalue weighted by Gasteiger charge is 2.25. The predicted octanol–water partition coefficient (Wildman–Crippen LogP) is 16.1. The molecule has 10 aromatic carbocycles. The van der Waals surface area contributed by atoms with Crippen LogP contribution in [0.1, 0.15) is 0 Å². The number of benzene rings is 10. The highest BCUT2D eigenvalue weighted by Crippen LogP contribution is 2.43. The Morgan fingerprint density at radius 1 is 0.286 bits per heavy atom. The molecule has 0 aliphatic carbocycles. The van der Waals surface area contributed by atoms with Gasteiger partial charge in [0.05, 0.1) is 33.1 Å². The normalized spacial score (nSPS) is 12.0. The summed E-state index contributed by atoms with van der Waals surface area (Å²) in [6.45, 7) is 0. The molecule has 0 atom stereocenters. The second-order valence-electron chi connectivity index (χ2n) is 18.0. The topological polar surface area (TPSA) is 66.6 Å². The maximum Gasteiger partial charge on any atom is 0.240 e. The third kappa shape index (κ3) is 5.66. The molecule has 5 heterocycles. The van der Waals surface area contributed by atoms with Crippen LogP contribution in [0.3, 0.4) is 0 Å². The lowest BCUT2D eigenvalue weighted by atomic mass is 9.90. The van der Waals surface area contributed by atoms with Gasteiger partial charge in [-0.15, -0.1) is 0 Å². The summed E-state index contributed by atoms with van der Waals surface area (Å²) in [4.78, 5) is 16.8. The van der Waals surface area contributed by atoms with Gasteiger partial charge < -0.3 is 8.98 Å². The smallest absolute Gasteiger partial charge is 0.240 e. The van der Waals surface area contributed by atoms with Crippen molar-refractivity contribution in [2.75, 3.05) is 0 Å². The van der Waals surface area contributed by atoms with Crippen LogP contribution >= 0.6 is 0 Å². The average Bonchev–Trinajstić information content (AvgIpc) is 4.17. The standard InChI is InChI=1S/C63H38N6O/c1-8-28-52-44(19-1)45-20-2-9-29-53(45)67(52)41-18-15-17-39(37-41)42-26-16-27-43(40-35-36-59-51(38-40)50-25-7-14-34-58(50)70-59)60(42)61-64-62(68-54-30-10-3-21-46(54)47-22-4-11-31-55(47)68)66-63(65-61)69-56-32-12-5-23-48(56)49-24-6-13-33-57(49)69/h1-38H. The molecule has 0 N–H and O–H groups in total. The van der Waals surface area contributed by atoms with Crippen molar-refractivity contribution >= 4 is 87.4 Å². The molecule has 0 aliphatic rings. The van der Waals surface area contributed by atoms with Crippen LogP contribution in [0.4, 0.5) is 0 Å². The lowest BCUT2D eigenvalue weighted by Gasteiger charge is -2.18. The third-order valence-corrected chi connectivity index (χ3v) is 14.1. The second-order valence-corrected chi connectivity index (χ2v) is 18.0. The molecule has 0 bridgehead atoms. The van der Waals surface area contributed by atoms with Crippen molar-refractivity contribution in [1.82, 2.24) is 28.7 Å². The molecule has 70 heavy (non-hydrogen) atoms. The predicted molar refractivity (Wildman–Crippen MR) is 286 cm³/mol. The summed E-state index contributed by atoms with van der Waals surface area (Å²) in [7, 11) is 0. The summed E-state index contributed by atoms with van der Waals surface area (Å²) in [5, 5.41) is 9.06. The van der Waals surface area contributed by atoms with E-state index in [1.54, 1.807) is 0 Å². The van der Waals surface area contributed by atoms with Crippen LogP contribution < -0.4 is 0 Å². The minimum absolute atomic E-state index is 0.523. The maximum absolute atomic E-state index is 6.37. The minimum atomic E-state index is 0.523. The molecule has 326 valence electrons. The zero-order valence-corrected chi connectivity index (χ0v) is 37.5. The third-order valence-electron chi connectivity index (χ3n) is 14.1. The zero-order valence-electron chi connectivity index (χ0n) is 37.5. The van der Waals surface area contributed by atoms with Crippen molar-refractivity contribution in [3.63, 3.8) is 0 Å². The Morgan fingerprint density at radius 3 is 1.19 bits per heavy atom. The van der Waals surface area contributed by atoms with Crippen molar-refractivity contribution in [1.29, 1.82) is 0 Å². The Morgan fingerprint density at radius 2 is 0.686 bits per heavy atom. The molecular formula is C63H38N6O. The summed E-state index contributed by atoms with van der Waals surface area (Å²) >= 11 is 0. The number of hydrogen-bond donors (Lipinski definition) is 0. The summed E-state index contributed by atoms with van der Waals surface area (Å²) in [5.41, 5.74) is 14.0. The van der Waals surface area contributed by atoms with Gasteiger partial charge in [0.15, 0.2) is 5.82 Å². The van der Waals surface area contributed by atoms with Gasteiger partial charge in [-0.3, -0.25) is 9.13 Å². The van der Waals surface area contributed by atoms with Crippen LogP contribution in [-0.4, -0.2) is 28.7 Å². The first-order chi connectivity index (χ1) is 34.7. The van der Waals surface area contributed by atoms with E-state index in [0.29, 0.717) is 17.7 Å². The molecule has 0 aliphatic heterocycles. The van der Waals surface area contributed by atoms with Crippen molar-refractivity contribution in [2.45, 2.75) is 0 Å². The van der Waals surface area contributed by atoms with Gasteiger partial charge in [-0.2, -0.15) is 15.0 Å². The van der Waals surface area contributed by atoms with E-state index in [1.807, 2.05) is 12.1 Å². The van der Waals surface area contributed by atoms with Gasteiger partial charge in [-0.25, -0.2) is 0 Å². The Kier molecular flexibility index (Phi) is 8.23. The van der Waals surface area contributed by atoms with Crippen molar-refractivity contribution < 1.29 is 4.42 Å². The van der Waals surface area contributed by atoms with E-state index in [-0.39, 0.29) is 0 Å². The summed E-state index contributed by atoms with van der Waals surface area (Å²) in [6.07, 6.45) is 0. The lowest BCUT2D eigenvalue weighted by molar-refractivity contribution is 0.669. The lowest BCUT2D eigenvalue weighted by Crippen LogP contribution is -2.11. The van der Waals surface area contributed by atoms with E-state index in [4.69, 9.17) is 19.4 Å². The first-order valence-corrected chi connectivity index (χ1v) is 23.6. The Balaban J connectivity index is 1.06. The first kappa shape index (κ1) is 38.5. The highest BCUT2D eigenvalue weighted by atomic mass is 16.3. The van der Waals surface area contributed by atoms with E-state index in [1.165, 1.54) is 10.8 Å². The number of para-hydroxylation sites is 7. The number of rotatable bonds is 6. The average molecular weight is 895 g/mol. The number of furan rings is 1. The van der Waals surface area contributed by atoms with E-state index < -0.39 is 0 Å². The monoisotopic (exact) mass is 894 g/mol. The molecule has 7 nitrogen and oxygen atoms in total. The molecule has 5 aromatic heterocycles. The molecule has 0 unspecified atom stereocenters. The van der Waals surface area contributed by atoms with Crippen molar-refractivity contribution in [3.8, 4) is 51.2 Å². The molecule has 15 rings (SSSR count). The molecule has 0 radical (unpaired) electrons. The molecule has 0 saturated carbocycles. The van der Waals surface area contributed by atoms with Crippen LogP contribution in [0.25, 0.3) is 139 Å². The van der Waals surface area contributed by atoms with E-state index in [9.17, 15) is 0 Å². The fraction of sp³-hybridized carbons (Fsp3) is 0. The maximum atomic E-state index is 6.37. The Labute approximate surface area is 400 Å². The van der Waals surface area contributed by atoms with Crippen LogP contribution in [0.5, 0.6) is 0 Å². The largest absolute Gasteiger partial charge is 0.456 e. The SMILES string of the molecule is c1cc(-c2cccc(-c3ccc4oc5ccccc5c4c3)c2-c2nc(-n3c4ccccc4c4ccccc43)nc(-n3c4ccccc4c4ccccc43)n2)cc(-n2c3ccccc3c3ccccc32)c1. The van der Waals surface area contributed by atoms with Crippen LogP contribution in [0.2, 0.25) is 0 Å². The van der Waals surface area contributed by atoms with Gasteiger partial charge in [0.1, 0.15) is 11.2 Å². The number of hydrogen-bond acceptors (Lipinski definition) is 4. The van der Waals surface area contributed by atoms with Crippen LogP contribution in [-0.2, 0) is 0 Å². The molecular weight excluding hydrogens is 857 g/mol. The molecule has 0 amide bonds. The quantitative estimate of drug-likeness (QED) is 0.167. The highest BCUT2D eigenvalue weighted by molar-refractivity contribution is 6.12. The van der Waals surface area contributed by atoms with Crippen LogP contribution in [0, 0.1) is 0 Å². The Hall–Kier alpha value is -9.59.